The van der Waals surface area contributed by atoms with Gasteiger partial charge < -0.3 is 0 Å². The summed E-state index contributed by atoms with van der Waals surface area (Å²) in [4.78, 5) is 0. The first kappa shape index (κ1) is 11.9. The van der Waals surface area contributed by atoms with Crippen molar-refractivity contribution in [3.8, 4) is 6.07 Å². The summed E-state index contributed by atoms with van der Waals surface area (Å²) in [6.07, 6.45) is 2.16. The molecule has 1 aliphatic rings. The zero-order valence-electron chi connectivity index (χ0n) is 9.92. The van der Waals surface area contributed by atoms with Crippen molar-refractivity contribution in [2.75, 3.05) is 0 Å². The minimum absolute atomic E-state index is 0.0634. The molecule has 0 atom stereocenters. The molecule has 0 saturated heterocycles. The molecule has 0 spiro atoms. The molecule has 1 aliphatic carbocycles. The van der Waals surface area contributed by atoms with Gasteiger partial charge in [0.05, 0.1) is 6.07 Å². The molecule has 80 valence electrons. The second-order valence-corrected chi connectivity index (χ2v) is 7.70. The molecule has 2 heteroatoms. The van der Waals surface area contributed by atoms with E-state index in [0.717, 1.165) is 18.8 Å². The lowest BCUT2D eigenvalue weighted by molar-refractivity contribution is 0.122. The van der Waals surface area contributed by atoms with Gasteiger partial charge in [0.15, 0.2) is 0 Å². The van der Waals surface area contributed by atoms with Crippen LogP contribution in [0.1, 0.15) is 47.5 Å². The Morgan fingerprint density at radius 2 is 1.86 bits per heavy atom. The van der Waals surface area contributed by atoms with E-state index in [0.29, 0.717) is 10.7 Å². The molecule has 0 aromatic rings. The van der Waals surface area contributed by atoms with Crippen molar-refractivity contribution in [2.45, 2.75) is 57.5 Å². The summed E-state index contributed by atoms with van der Waals surface area (Å²) in [5.74, 6) is 0.730. The summed E-state index contributed by atoms with van der Waals surface area (Å²) in [5, 5.41) is 9.76. The van der Waals surface area contributed by atoms with Gasteiger partial charge in [0.25, 0.3) is 0 Å². The maximum atomic E-state index is 9.20. The Balaban J connectivity index is 2.54. The molecule has 0 amide bonds. The van der Waals surface area contributed by atoms with Gasteiger partial charge in [-0.2, -0.15) is 5.26 Å². The fourth-order valence-electron chi connectivity index (χ4n) is 2.01. The van der Waals surface area contributed by atoms with Crippen molar-refractivity contribution in [1.29, 1.82) is 5.26 Å². The maximum absolute atomic E-state index is 9.20. The highest BCUT2D eigenvalue weighted by atomic mass is 32.2. The molecule has 0 N–H and O–H groups in total. The normalized spacial score (nSPS) is 32.5. The molecule has 0 aliphatic heterocycles. The highest BCUT2D eigenvalue weighted by Gasteiger charge is 2.49. The number of nitrogens with zero attached hydrogens (tertiary/aromatic N) is 1. The van der Waals surface area contributed by atoms with Crippen LogP contribution in [0, 0.1) is 22.7 Å². The topological polar surface area (TPSA) is 23.8 Å². The Hall–Kier alpha value is -0.160. The monoisotopic (exact) mass is 211 g/mol. The molecule has 1 saturated carbocycles. The van der Waals surface area contributed by atoms with E-state index in [-0.39, 0.29) is 4.75 Å². The van der Waals surface area contributed by atoms with E-state index >= 15 is 0 Å². The average molecular weight is 211 g/mol. The zero-order valence-corrected chi connectivity index (χ0v) is 10.7. The van der Waals surface area contributed by atoms with Crippen LogP contribution in [0.5, 0.6) is 0 Å². The van der Waals surface area contributed by atoms with Crippen LogP contribution in [-0.4, -0.2) is 10.00 Å². The first-order valence-corrected chi connectivity index (χ1v) is 6.26. The molecule has 14 heavy (non-hydrogen) atoms. The van der Waals surface area contributed by atoms with Crippen LogP contribution in [0.2, 0.25) is 0 Å². The van der Waals surface area contributed by atoms with E-state index < -0.39 is 0 Å². The van der Waals surface area contributed by atoms with Crippen LogP contribution >= 0.6 is 11.8 Å². The van der Waals surface area contributed by atoms with Gasteiger partial charge in [-0.15, -0.1) is 11.8 Å². The molecule has 1 rings (SSSR count). The average Bonchev–Trinajstić information content (AvgIpc) is 1.93. The van der Waals surface area contributed by atoms with E-state index in [1.165, 1.54) is 0 Å². The van der Waals surface area contributed by atoms with Crippen molar-refractivity contribution in [3.63, 3.8) is 0 Å². The first-order chi connectivity index (χ1) is 6.29. The van der Waals surface area contributed by atoms with E-state index in [1.54, 1.807) is 0 Å². The zero-order chi connectivity index (χ0) is 11.0. The van der Waals surface area contributed by atoms with Gasteiger partial charge in [0.2, 0.25) is 0 Å². The van der Waals surface area contributed by atoms with Crippen LogP contribution in [0.4, 0.5) is 0 Å². The fraction of sp³-hybridized carbons (Fsp3) is 0.917. The molecule has 0 bridgehead atoms. The molecular formula is C12H21NS. The third-order valence-corrected chi connectivity index (χ3v) is 4.39. The molecule has 0 heterocycles. The number of thioether (sulfide) groups is 1. The fourth-order valence-corrected chi connectivity index (χ4v) is 3.56. The van der Waals surface area contributed by atoms with Crippen LogP contribution < -0.4 is 0 Å². The van der Waals surface area contributed by atoms with Crippen LogP contribution in [0.15, 0.2) is 0 Å². The highest BCUT2D eigenvalue weighted by Crippen LogP contribution is 2.54. The smallest absolute Gasteiger partial charge is 0.103 e. The Bertz CT molecular complexity index is 238. The van der Waals surface area contributed by atoms with Crippen LogP contribution in [-0.2, 0) is 0 Å². The van der Waals surface area contributed by atoms with Crippen molar-refractivity contribution >= 4 is 11.8 Å². The van der Waals surface area contributed by atoms with Gasteiger partial charge in [0, 0.05) is 5.25 Å². The van der Waals surface area contributed by atoms with E-state index in [1.807, 2.05) is 11.8 Å². The van der Waals surface area contributed by atoms with Crippen LogP contribution in [0.25, 0.3) is 0 Å². The summed E-state index contributed by atoms with van der Waals surface area (Å²) in [6.45, 7) is 11.2. The third kappa shape index (κ3) is 2.45. The van der Waals surface area contributed by atoms with Gasteiger partial charge in [-0.1, -0.05) is 34.6 Å². The van der Waals surface area contributed by atoms with E-state index in [2.05, 4.69) is 40.7 Å². The minimum Gasteiger partial charge on any atom is -0.197 e. The molecule has 0 aromatic carbocycles. The molecule has 0 unspecified atom stereocenters. The highest BCUT2D eigenvalue weighted by molar-refractivity contribution is 8.01. The number of rotatable bonds is 2. The second-order valence-electron chi connectivity index (χ2n) is 5.74. The molecule has 0 radical (unpaired) electrons. The Morgan fingerprint density at radius 1 is 1.36 bits per heavy atom. The van der Waals surface area contributed by atoms with Gasteiger partial charge >= 0.3 is 0 Å². The Kier molecular flexibility index (Phi) is 3.21. The molecule has 0 aromatic heterocycles. The second kappa shape index (κ2) is 3.77. The SMILES string of the molecule is CC(C)SC1(C#N)CC(C(C)(C)C)C1. The largest absolute Gasteiger partial charge is 0.197 e. The summed E-state index contributed by atoms with van der Waals surface area (Å²) < 4.78 is -0.0634. The van der Waals surface area contributed by atoms with Gasteiger partial charge in [-0.05, 0) is 24.2 Å². The maximum Gasteiger partial charge on any atom is 0.103 e. The van der Waals surface area contributed by atoms with Gasteiger partial charge in [-0.3, -0.25) is 0 Å². The van der Waals surface area contributed by atoms with Crippen molar-refractivity contribution in [3.05, 3.63) is 0 Å². The van der Waals surface area contributed by atoms with Crippen molar-refractivity contribution in [1.82, 2.24) is 0 Å². The first-order valence-electron chi connectivity index (χ1n) is 5.38. The Morgan fingerprint density at radius 3 is 2.14 bits per heavy atom. The number of nitriles is 1. The van der Waals surface area contributed by atoms with E-state index in [9.17, 15) is 5.26 Å². The van der Waals surface area contributed by atoms with Crippen molar-refractivity contribution in [2.24, 2.45) is 11.3 Å². The third-order valence-electron chi connectivity index (χ3n) is 3.04. The number of hydrogen-bond acceptors (Lipinski definition) is 2. The predicted octanol–water partition coefficient (Wildman–Crippen LogP) is 3.85. The summed E-state index contributed by atoms with van der Waals surface area (Å²) in [7, 11) is 0. The summed E-state index contributed by atoms with van der Waals surface area (Å²) in [5.41, 5.74) is 0.373. The van der Waals surface area contributed by atoms with Crippen molar-refractivity contribution < 1.29 is 0 Å². The molecule has 1 fully saturated rings. The lowest BCUT2D eigenvalue weighted by atomic mass is 9.63. The van der Waals surface area contributed by atoms with Gasteiger partial charge in [-0.25, -0.2) is 0 Å². The number of hydrogen-bond donors (Lipinski definition) is 0. The predicted molar refractivity (Wildman–Crippen MR) is 63.3 cm³/mol. The minimum atomic E-state index is -0.0634. The molecular weight excluding hydrogens is 190 g/mol. The van der Waals surface area contributed by atoms with Crippen LogP contribution in [0.3, 0.4) is 0 Å². The van der Waals surface area contributed by atoms with Gasteiger partial charge in [0.1, 0.15) is 4.75 Å². The summed E-state index contributed by atoms with van der Waals surface area (Å²) in [6, 6.07) is 2.51. The standard InChI is InChI=1S/C12H21NS/c1-9(2)14-12(8-13)6-10(7-12)11(3,4)5/h9-10H,6-7H2,1-5H3. The lowest BCUT2D eigenvalue weighted by Crippen LogP contribution is -2.46. The Labute approximate surface area is 92.3 Å². The quantitative estimate of drug-likeness (QED) is 0.693. The summed E-state index contributed by atoms with van der Waals surface area (Å²) >= 11 is 1.85. The van der Waals surface area contributed by atoms with E-state index in [4.69, 9.17) is 0 Å². The lowest BCUT2D eigenvalue weighted by Gasteiger charge is -2.49. The molecule has 1 nitrogen and oxygen atoms in total.